The third-order valence-electron chi connectivity index (χ3n) is 2.52. The largest absolute Gasteiger partial charge is 0.432 e. The molecule has 0 aliphatic rings. The molecule has 0 radical (unpaired) electrons. The molecule has 2 rings (SSSR count). The van der Waals surface area contributed by atoms with Crippen LogP contribution in [0.15, 0.2) is 30.3 Å². The number of nitrogens with two attached hydrogens (primary N) is 1. The van der Waals surface area contributed by atoms with Crippen molar-refractivity contribution in [3.8, 4) is 5.75 Å². The number of benzene rings is 2. The highest BCUT2D eigenvalue weighted by Gasteiger charge is 2.14. The van der Waals surface area contributed by atoms with Gasteiger partial charge < -0.3 is 15.8 Å². The minimum atomic E-state index is -3.21. The van der Waals surface area contributed by atoms with E-state index in [2.05, 4.69) is 10.1 Å². The fraction of sp³-hybridized carbons (Fsp3) is 0.0769. The number of rotatable bonds is 4. The van der Waals surface area contributed by atoms with Crippen molar-refractivity contribution >= 4 is 17.1 Å². The third-order valence-corrected chi connectivity index (χ3v) is 2.52. The maximum atomic E-state index is 13.4. The van der Waals surface area contributed by atoms with Crippen LogP contribution in [0.4, 0.5) is 39.0 Å². The highest BCUT2D eigenvalue weighted by Crippen LogP contribution is 2.31. The van der Waals surface area contributed by atoms with E-state index in [1.807, 2.05) is 0 Å². The number of anilines is 3. The van der Waals surface area contributed by atoms with Crippen molar-refractivity contribution in [2.75, 3.05) is 11.1 Å². The average molecular weight is 304 g/mol. The number of hydrogen-bond donors (Lipinski definition) is 2. The molecular weight excluding hydrogens is 295 g/mol. The molecule has 0 atom stereocenters. The fourth-order valence-corrected chi connectivity index (χ4v) is 1.59. The number of nitrogens with one attached hydrogen (secondary N) is 1. The van der Waals surface area contributed by atoms with E-state index in [9.17, 15) is 22.0 Å². The van der Waals surface area contributed by atoms with Crippen molar-refractivity contribution in [1.82, 2.24) is 0 Å². The zero-order valence-corrected chi connectivity index (χ0v) is 10.3. The van der Waals surface area contributed by atoms with Gasteiger partial charge >= 0.3 is 6.61 Å². The quantitative estimate of drug-likeness (QED) is 0.662. The molecule has 0 aliphatic carbocycles. The first-order valence-electron chi connectivity index (χ1n) is 5.62. The second-order valence-electron chi connectivity index (χ2n) is 4.00. The van der Waals surface area contributed by atoms with Gasteiger partial charge in [0.15, 0.2) is 23.2 Å². The Morgan fingerprint density at radius 2 is 1.67 bits per heavy atom. The molecule has 0 heterocycles. The van der Waals surface area contributed by atoms with Crippen molar-refractivity contribution < 1.29 is 26.7 Å². The number of alkyl halides is 2. The van der Waals surface area contributed by atoms with Gasteiger partial charge in [0.2, 0.25) is 0 Å². The van der Waals surface area contributed by atoms with Crippen LogP contribution in [-0.4, -0.2) is 6.61 Å². The van der Waals surface area contributed by atoms with E-state index >= 15 is 0 Å². The summed E-state index contributed by atoms with van der Waals surface area (Å²) in [7, 11) is 0. The summed E-state index contributed by atoms with van der Waals surface area (Å²) in [5.74, 6) is -3.94. The highest BCUT2D eigenvalue weighted by atomic mass is 19.3. The first-order valence-corrected chi connectivity index (χ1v) is 5.62. The predicted molar refractivity (Wildman–Crippen MR) is 67.1 cm³/mol. The van der Waals surface area contributed by atoms with Gasteiger partial charge in [0.25, 0.3) is 0 Å². The summed E-state index contributed by atoms with van der Waals surface area (Å²) in [6, 6.07) is 4.59. The zero-order valence-electron chi connectivity index (χ0n) is 10.3. The highest BCUT2D eigenvalue weighted by molar-refractivity contribution is 5.74. The van der Waals surface area contributed by atoms with Crippen molar-refractivity contribution in [2.45, 2.75) is 6.61 Å². The maximum absolute atomic E-state index is 13.4. The number of nitrogen functional groups attached to an aromatic ring is 1. The summed E-state index contributed by atoms with van der Waals surface area (Å²) < 4.78 is 67.5. The molecule has 112 valence electrons. The van der Waals surface area contributed by atoms with Gasteiger partial charge in [0, 0.05) is 23.9 Å². The molecule has 3 N–H and O–H groups in total. The van der Waals surface area contributed by atoms with Gasteiger partial charge in [-0.2, -0.15) is 8.78 Å². The molecule has 0 aliphatic heterocycles. The Hall–Kier alpha value is -2.51. The normalized spacial score (nSPS) is 10.8. The SMILES string of the molecule is Nc1cc(F)c(OC(F)F)cc1Nc1ccc(F)c(F)c1. The average Bonchev–Trinajstić information content (AvgIpc) is 2.39. The van der Waals surface area contributed by atoms with Crippen LogP contribution in [0.2, 0.25) is 0 Å². The lowest BCUT2D eigenvalue weighted by atomic mass is 10.2. The lowest BCUT2D eigenvalue weighted by Gasteiger charge is -2.13. The van der Waals surface area contributed by atoms with E-state index in [-0.39, 0.29) is 17.1 Å². The van der Waals surface area contributed by atoms with E-state index in [0.717, 1.165) is 24.3 Å². The van der Waals surface area contributed by atoms with Gasteiger partial charge in [-0.3, -0.25) is 0 Å². The Kier molecular flexibility index (Phi) is 4.15. The van der Waals surface area contributed by atoms with Gasteiger partial charge in [0.05, 0.1) is 11.4 Å². The molecule has 2 aromatic carbocycles. The molecule has 0 saturated carbocycles. The summed E-state index contributed by atoms with van der Waals surface area (Å²) in [6.07, 6.45) is 0. The van der Waals surface area contributed by atoms with Crippen LogP contribution >= 0.6 is 0 Å². The van der Waals surface area contributed by atoms with Gasteiger partial charge in [-0.15, -0.1) is 0 Å². The topological polar surface area (TPSA) is 47.3 Å². The van der Waals surface area contributed by atoms with Gasteiger partial charge in [0.1, 0.15) is 0 Å². The Balaban J connectivity index is 2.32. The number of halogens is 5. The van der Waals surface area contributed by atoms with Crippen LogP contribution in [0.25, 0.3) is 0 Å². The number of ether oxygens (including phenoxy) is 1. The lowest BCUT2D eigenvalue weighted by molar-refractivity contribution is -0.0521. The minimum absolute atomic E-state index is 0.0121. The minimum Gasteiger partial charge on any atom is -0.432 e. The van der Waals surface area contributed by atoms with E-state index in [1.54, 1.807) is 0 Å². The van der Waals surface area contributed by atoms with E-state index in [4.69, 9.17) is 5.73 Å². The van der Waals surface area contributed by atoms with Crippen LogP contribution in [0, 0.1) is 17.5 Å². The van der Waals surface area contributed by atoms with Gasteiger partial charge in [-0.05, 0) is 12.1 Å². The third kappa shape index (κ3) is 3.53. The van der Waals surface area contributed by atoms with Crippen molar-refractivity contribution in [3.05, 3.63) is 47.8 Å². The molecule has 3 nitrogen and oxygen atoms in total. The Morgan fingerprint density at radius 3 is 2.29 bits per heavy atom. The zero-order chi connectivity index (χ0) is 15.6. The van der Waals surface area contributed by atoms with E-state index < -0.39 is 29.8 Å². The summed E-state index contributed by atoms with van der Waals surface area (Å²) in [5, 5.41) is 2.56. The van der Waals surface area contributed by atoms with Crippen molar-refractivity contribution in [2.24, 2.45) is 0 Å². The van der Waals surface area contributed by atoms with E-state index in [0.29, 0.717) is 0 Å². The molecule has 0 spiro atoms. The van der Waals surface area contributed by atoms with Crippen LogP contribution in [0.5, 0.6) is 5.75 Å². The standard InChI is InChI=1S/C13H9F5N2O/c14-7-2-1-6(3-8(7)15)20-11-5-12(21-13(17)18)9(16)4-10(11)19/h1-5,13,20H,19H2. The summed E-state index contributed by atoms with van der Waals surface area (Å²) >= 11 is 0. The Labute approximate surface area is 116 Å². The smallest absolute Gasteiger partial charge is 0.387 e. The molecule has 21 heavy (non-hydrogen) atoms. The summed E-state index contributed by atoms with van der Waals surface area (Å²) in [6.45, 7) is -3.21. The Bertz CT molecular complexity index is 663. The summed E-state index contributed by atoms with van der Waals surface area (Å²) in [5.41, 5.74) is 5.53. The molecule has 2 aromatic rings. The van der Waals surface area contributed by atoms with Crippen LogP contribution in [0.3, 0.4) is 0 Å². The second kappa shape index (κ2) is 5.86. The molecule has 0 unspecified atom stereocenters. The molecular formula is C13H9F5N2O. The fourth-order valence-electron chi connectivity index (χ4n) is 1.59. The van der Waals surface area contributed by atoms with Crippen molar-refractivity contribution in [1.29, 1.82) is 0 Å². The maximum Gasteiger partial charge on any atom is 0.387 e. The Morgan fingerprint density at radius 1 is 0.952 bits per heavy atom. The molecule has 0 amide bonds. The van der Waals surface area contributed by atoms with Gasteiger partial charge in [-0.25, -0.2) is 13.2 Å². The molecule has 8 heteroatoms. The molecule has 0 bridgehead atoms. The molecule has 0 fully saturated rings. The first-order chi connectivity index (χ1) is 9.86. The first kappa shape index (κ1) is 14.9. The second-order valence-corrected chi connectivity index (χ2v) is 4.00. The van der Waals surface area contributed by atoms with Crippen LogP contribution in [0.1, 0.15) is 0 Å². The molecule has 0 saturated heterocycles. The monoisotopic (exact) mass is 304 g/mol. The lowest BCUT2D eigenvalue weighted by Crippen LogP contribution is -2.06. The predicted octanol–water partition coefficient (Wildman–Crippen LogP) is 4.03. The van der Waals surface area contributed by atoms with Gasteiger partial charge in [-0.1, -0.05) is 0 Å². The van der Waals surface area contributed by atoms with Crippen LogP contribution < -0.4 is 15.8 Å². The van der Waals surface area contributed by atoms with Crippen molar-refractivity contribution in [3.63, 3.8) is 0 Å². The van der Waals surface area contributed by atoms with E-state index in [1.165, 1.54) is 6.07 Å². The number of hydrogen-bond acceptors (Lipinski definition) is 3. The summed E-state index contributed by atoms with van der Waals surface area (Å²) in [4.78, 5) is 0. The molecule has 0 aromatic heterocycles. The van der Waals surface area contributed by atoms with Crippen LogP contribution in [-0.2, 0) is 0 Å².